The Hall–Kier alpha value is -2.31. The van der Waals surface area contributed by atoms with E-state index in [4.69, 9.17) is 4.74 Å². The number of carboxylic acids is 1. The molecular formula is C13H17N3O4. The van der Waals surface area contributed by atoms with Gasteiger partial charge < -0.3 is 20.1 Å². The summed E-state index contributed by atoms with van der Waals surface area (Å²) in [7, 11) is 1.50. The minimum atomic E-state index is -1.15. The number of pyridine rings is 1. The number of anilines is 1. The summed E-state index contributed by atoms with van der Waals surface area (Å²) in [4.78, 5) is 28.8. The second kappa shape index (κ2) is 5.36. The molecule has 20 heavy (non-hydrogen) atoms. The third kappa shape index (κ3) is 2.52. The van der Waals surface area contributed by atoms with Gasteiger partial charge in [-0.25, -0.2) is 14.6 Å². The van der Waals surface area contributed by atoms with Crippen molar-refractivity contribution in [2.24, 2.45) is 0 Å². The highest BCUT2D eigenvalue weighted by molar-refractivity contribution is 5.94. The number of methoxy groups -OCH3 is 1. The van der Waals surface area contributed by atoms with Crippen molar-refractivity contribution in [3.8, 4) is 5.88 Å². The number of hydrogen-bond acceptors (Lipinski definition) is 4. The second-order valence-electron chi connectivity index (χ2n) is 4.85. The number of aromatic nitrogens is 1. The molecule has 1 aromatic rings. The summed E-state index contributed by atoms with van der Waals surface area (Å²) in [5.74, 6) is -0.544. The summed E-state index contributed by atoms with van der Waals surface area (Å²) in [5, 5.41) is 11.9. The van der Waals surface area contributed by atoms with Crippen molar-refractivity contribution in [2.75, 3.05) is 19.0 Å². The quantitative estimate of drug-likeness (QED) is 0.876. The first-order valence-corrected chi connectivity index (χ1v) is 6.29. The Kier molecular flexibility index (Phi) is 3.78. The minimum absolute atomic E-state index is 0.429. The van der Waals surface area contributed by atoms with Gasteiger partial charge in [0.2, 0.25) is 5.88 Å². The number of ether oxygens (including phenoxy) is 1. The Morgan fingerprint density at radius 1 is 1.50 bits per heavy atom. The summed E-state index contributed by atoms with van der Waals surface area (Å²) in [6, 6.07) is 2.84. The predicted molar refractivity (Wildman–Crippen MR) is 71.8 cm³/mol. The summed E-state index contributed by atoms with van der Waals surface area (Å²) in [6.45, 7) is 1.99. The van der Waals surface area contributed by atoms with Crippen molar-refractivity contribution in [1.82, 2.24) is 9.88 Å². The molecule has 7 heteroatoms. The average molecular weight is 279 g/mol. The zero-order valence-corrected chi connectivity index (χ0v) is 11.4. The summed E-state index contributed by atoms with van der Waals surface area (Å²) >= 11 is 0. The fourth-order valence-corrected chi connectivity index (χ4v) is 2.28. The van der Waals surface area contributed by atoms with Gasteiger partial charge in [0.25, 0.3) is 0 Å². The number of carboxylic acid groups (broad SMARTS) is 1. The van der Waals surface area contributed by atoms with Gasteiger partial charge in [-0.15, -0.1) is 0 Å². The monoisotopic (exact) mass is 279 g/mol. The van der Waals surface area contributed by atoms with Gasteiger partial charge in [-0.3, -0.25) is 0 Å². The van der Waals surface area contributed by atoms with Crippen LogP contribution in [-0.4, -0.2) is 46.2 Å². The number of nitrogens with one attached hydrogen (secondary N) is 1. The van der Waals surface area contributed by atoms with Gasteiger partial charge in [-0.05, 0) is 25.8 Å². The highest BCUT2D eigenvalue weighted by Gasteiger charge is 2.46. The number of likely N-dealkylation sites (tertiary alicyclic amines) is 1. The number of hydrogen-bond donors (Lipinski definition) is 2. The Balaban J connectivity index is 2.09. The molecule has 1 aromatic heterocycles. The van der Waals surface area contributed by atoms with Gasteiger partial charge in [0.05, 0.1) is 19.0 Å². The number of aliphatic carboxylic acids is 1. The maximum absolute atomic E-state index is 12.2. The molecule has 1 fully saturated rings. The van der Waals surface area contributed by atoms with Crippen LogP contribution in [0.5, 0.6) is 5.88 Å². The van der Waals surface area contributed by atoms with Crippen molar-refractivity contribution < 1.29 is 19.4 Å². The van der Waals surface area contributed by atoms with E-state index in [2.05, 4.69) is 10.3 Å². The molecule has 7 nitrogen and oxygen atoms in total. The zero-order valence-electron chi connectivity index (χ0n) is 11.4. The van der Waals surface area contributed by atoms with Crippen LogP contribution in [0.15, 0.2) is 18.3 Å². The average Bonchev–Trinajstić information content (AvgIpc) is 2.83. The van der Waals surface area contributed by atoms with E-state index < -0.39 is 17.5 Å². The van der Waals surface area contributed by atoms with Gasteiger partial charge in [-0.2, -0.15) is 0 Å². The van der Waals surface area contributed by atoms with Gasteiger partial charge in [0, 0.05) is 12.6 Å². The van der Waals surface area contributed by atoms with Crippen LogP contribution in [-0.2, 0) is 4.79 Å². The third-order valence-electron chi connectivity index (χ3n) is 3.54. The van der Waals surface area contributed by atoms with E-state index in [9.17, 15) is 14.7 Å². The molecule has 2 amide bonds. The Bertz CT molecular complexity index is 517. The van der Waals surface area contributed by atoms with E-state index in [-0.39, 0.29) is 0 Å². The van der Waals surface area contributed by atoms with Crippen LogP contribution in [0.2, 0.25) is 0 Å². The van der Waals surface area contributed by atoms with E-state index in [0.29, 0.717) is 31.0 Å². The molecule has 0 spiro atoms. The van der Waals surface area contributed by atoms with E-state index in [1.54, 1.807) is 19.1 Å². The number of rotatable bonds is 3. The summed E-state index contributed by atoms with van der Waals surface area (Å²) in [5.41, 5.74) is -0.653. The molecule has 2 N–H and O–H groups in total. The predicted octanol–water partition coefficient (Wildman–Crippen LogP) is 1.56. The Labute approximate surface area is 116 Å². The highest BCUT2D eigenvalue weighted by atomic mass is 16.5. The topological polar surface area (TPSA) is 91.8 Å². The zero-order chi connectivity index (χ0) is 14.8. The third-order valence-corrected chi connectivity index (χ3v) is 3.54. The number of carbonyl (C=O) groups excluding carboxylic acids is 1. The molecule has 0 aromatic carbocycles. The van der Waals surface area contributed by atoms with Gasteiger partial charge >= 0.3 is 12.0 Å². The lowest BCUT2D eigenvalue weighted by Gasteiger charge is -2.31. The van der Waals surface area contributed by atoms with E-state index in [0.717, 1.165) is 0 Å². The number of urea groups is 1. The fraction of sp³-hybridized carbons (Fsp3) is 0.462. The van der Waals surface area contributed by atoms with Gasteiger partial charge in [-0.1, -0.05) is 0 Å². The van der Waals surface area contributed by atoms with Crippen molar-refractivity contribution in [3.05, 3.63) is 18.3 Å². The first-order valence-electron chi connectivity index (χ1n) is 6.29. The lowest BCUT2D eigenvalue weighted by atomic mass is 10.00. The van der Waals surface area contributed by atoms with E-state index in [1.807, 2.05) is 0 Å². The maximum Gasteiger partial charge on any atom is 0.329 e. The lowest BCUT2D eigenvalue weighted by molar-refractivity contribution is -0.146. The molecule has 1 saturated heterocycles. The Morgan fingerprint density at radius 2 is 2.25 bits per heavy atom. The minimum Gasteiger partial charge on any atom is -0.481 e. The molecule has 1 atom stereocenters. The lowest BCUT2D eigenvalue weighted by Crippen LogP contribution is -2.52. The van der Waals surface area contributed by atoms with Crippen LogP contribution < -0.4 is 10.1 Å². The number of carbonyl (C=O) groups is 2. The summed E-state index contributed by atoms with van der Waals surface area (Å²) in [6.07, 6.45) is 2.60. The van der Waals surface area contributed by atoms with Crippen molar-refractivity contribution in [3.63, 3.8) is 0 Å². The molecule has 0 radical (unpaired) electrons. The van der Waals surface area contributed by atoms with Crippen LogP contribution in [0.25, 0.3) is 0 Å². The first-order chi connectivity index (χ1) is 9.47. The van der Waals surface area contributed by atoms with Crippen molar-refractivity contribution in [1.29, 1.82) is 0 Å². The number of amides is 2. The van der Waals surface area contributed by atoms with Crippen molar-refractivity contribution in [2.45, 2.75) is 25.3 Å². The molecule has 0 saturated carbocycles. The molecule has 0 aliphatic carbocycles. The number of nitrogens with zero attached hydrogens (tertiary/aromatic N) is 2. The molecule has 108 valence electrons. The van der Waals surface area contributed by atoms with Crippen LogP contribution in [0.4, 0.5) is 10.5 Å². The van der Waals surface area contributed by atoms with Gasteiger partial charge in [0.15, 0.2) is 0 Å². The van der Waals surface area contributed by atoms with Crippen LogP contribution in [0.3, 0.4) is 0 Å². The molecule has 2 heterocycles. The van der Waals surface area contributed by atoms with Crippen LogP contribution in [0.1, 0.15) is 19.8 Å². The van der Waals surface area contributed by atoms with E-state index >= 15 is 0 Å². The normalized spacial score (nSPS) is 21.6. The summed E-state index contributed by atoms with van der Waals surface area (Å²) < 4.78 is 4.93. The molecule has 2 rings (SSSR count). The highest BCUT2D eigenvalue weighted by Crippen LogP contribution is 2.29. The van der Waals surface area contributed by atoms with Crippen molar-refractivity contribution >= 4 is 17.7 Å². The first kappa shape index (κ1) is 14.1. The van der Waals surface area contributed by atoms with Crippen LogP contribution >= 0.6 is 0 Å². The smallest absolute Gasteiger partial charge is 0.329 e. The second-order valence-corrected chi connectivity index (χ2v) is 4.85. The molecular weight excluding hydrogens is 262 g/mol. The van der Waals surface area contributed by atoms with E-state index in [1.165, 1.54) is 18.2 Å². The Morgan fingerprint density at radius 3 is 2.80 bits per heavy atom. The molecule has 1 unspecified atom stereocenters. The maximum atomic E-state index is 12.2. The molecule has 1 aliphatic heterocycles. The molecule has 0 bridgehead atoms. The molecule has 1 aliphatic rings. The SMILES string of the molecule is COc1ccc(NC(=O)N2CCCC2(C)C(=O)O)cn1. The largest absolute Gasteiger partial charge is 0.481 e. The standard InChI is InChI=1S/C13H17N3O4/c1-13(11(17)18)6-3-7-16(13)12(19)15-9-4-5-10(20-2)14-8-9/h4-5,8H,3,6-7H2,1-2H3,(H,15,19)(H,17,18). The van der Waals surface area contributed by atoms with Crippen LogP contribution in [0, 0.1) is 0 Å². The fourth-order valence-electron chi connectivity index (χ4n) is 2.28. The van der Waals surface area contributed by atoms with Gasteiger partial charge in [0.1, 0.15) is 5.54 Å².